The first kappa shape index (κ1) is 10.9. The normalized spacial score (nSPS) is 13.4. The van der Waals surface area contributed by atoms with Crippen molar-refractivity contribution in [3.05, 3.63) is 0 Å². The third kappa shape index (κ3) is 7.82. The number of rotatable bonds is 7. The lowest BCUT2D eigenvalue weighted by atomic mass is 10.2. The lowest BCUT2D eigenvalue weighted by Crippen LogP contribution is -2.26. The molecule has 0 rings (SSSR count). The van der Waals surface area contributed by atoms with Crippen molar-refractivity contribution < 1.29 is 4.74 Å². The Morgan fingerprint density at radius 3 is 2.64 bits per heavy atom. The van der Waals surface area contributed by atoms with Crippen molar-refractivity contribution in [3.8, 4) is 0 Å². The Morgan fingerprint density at radius 2 is 2.09 bits per heavy atom. The first-order valence-electron chi connectivity index (χ1n) is 4.54. The summed E-state index contributed by atoms with van der Waals surface area (Å²) in [5.74, 6) is 0. The van der Waals surface area contributed by atoms with Gasteiger partial charge in [0, 0.05) is 13.7 Å². The number of nitrogens with one attached hydrogen (secondary N) is 1. The molecule has 0 aromatic rings. The maximum atomic E-state index is 5.09. The highest BCUT2D eigenvalue weighted by Gasteiger charge is 1.96. The molecule has 1 N–H and O–H groups in total. The van der Waals surface area contributed by atoms with E-state index >= 15 is 0 Å². The molecule has 0 aliphatic heterocycles. The van der Waals surface area contributed by atoms with Crippen LogP contribution in [0.25, 0.3) is 0 Å². The highest BCUT2D eigenvalue weighted by atomic mass is 16.5. The smallest absolute Gasteiger partial charge is 0.0667 e. The molecule has 0 aliphatic rings. The second-order valence-corrected chi connectivity index (χ2v) is 2.96. The molecule has 0 heterocycles. The minimum Gasteiger partial charge on any atom is -0.380 e. The topological polar surface area (TPSA) is 21.3 Å². The number of methoxy groups -OCH3 is 1. The predicted molar refractivity (Wildman–Crippen MR) is 48.9 cm³/mol. The highest BCUT2D eigenvalue weighted by Crippen LogP contribution is 1.91. The molecule has 0 radical (unpaired) electrons. The third-order valence-electron chi connectivity index (χ3n) is 1.79. The zero-order valence-corrected chi connectivity index (χ0v) is 8.02. The molecule has 0 saturated heterocycles. The van der Waals surface area contributed by atoms with Crippen LogP contribution in [0.2, 0.25) is 0 Å². The number of ether oxygens (including phenoxy) is 1. The van der Waals surface area contributed by atoms with Crippen LogP contribution in [-0.4, -0.2) is 26.3 Å². The average Bonchev–Trinajstić information content (AvgIpc) is 2.04. The molecule has 0 aromatic carbocycles. The number of hydrogen-bond acceptors (Lipinski definition) is 2. The Labute approximate surface area is 70.3 Å². The Hall–Kier alpha value is -0.0800. The fourth-order valence-electron chi connectivity index (χ4n) is 0.889. The molecule has 11 heavy (non-hydrogen) atoms. The van der Waals surface area contributed by atoms with Gasteiger partial charge < -0.3 is 10.1 Å². The fraction of sp³-hybridized carbons (Fsp3) is 1.00. The minimum absolute atomic E-state index is 0.344. The van der Waals surface area contributed by atoms with Crippen LogP contribution < -0.4 is 5.32 Å². The van der Waals surface area contributed by atoms with E-state index in [9.17, 15) is 0 Å². The van der Waals surface area contributed by atoms with Crippen LogP contribution >= 0.6 is 0 Å². The van der Waals surface area contributed by atoms with Gasteiger partial charge in [-0.3, -0.25) is 0 Å². The monoisotopic (exact) mass is 159 g/mol. The number of unbranched alkanes of at least 4 members (excludes halogenated alkanes) is 2. The molecule has 0 spiro atoms. The quantitative estimate of drug-likeness (QED) is 0.572. The highest BCUT2D eigenvalue weighted by molar-refractivity contribution is 4.54. The molecule has 0 amide bonds. The lowest BCUT2D eigenvalue weighted by molar-refractivity contribution is 0.117. The van der Waals surface area contributed by atoms with E-state index in [0.29, 0.717) is 6.10 Å². The largest absolute Gasteiger partial charge is 0.380 e. The van der Waals surface area contributed by atoms with Crippen LogP contribution in [0.4, 0.5) is 0 Å². The van der Waals surface area contributed by atoms with E-state index in [0.717, 1.165) is 13.1 Å². The summed E-state index contributed by atoms with van der Waals surface area (Å²) in [6.45, 7) is 6.40. The number of hydrogen-bond donors (Lipinski definition) is 1. The summed E-state index contributed by atoms with van der Waals surface area (Å²) in [5.41, 5.74) is 0. The van der Waals surface area contributed by atoms with Crippen molar-refractivity contribution in [2.24, 2.45) is 0 Å². The minimum atomic E-state index is 0.344. The SMILES string of the molecule is CCCCCNC[C@@H](C)OC. The lowest BCUT2D eigenvalue weighted by Gasteiger charge is -2.09. The second kappa shape index (κ2) is 8.02. The standard InChI is InChI=1S/C9H21NO/c1-4-5-6-7-10-8-9(2)11-3/h9-10H,4-8H2,1-3H3/t9-/m1/s1. The van der Waals surface area contributed by atoms with Crippen molar-refractivity contribution >= 4 is 0 Å². The maximum Gasteiger partial charge on any atom is 0.0667 e. The summed E-state index contributed by atoms with van der Waals surface area (Å²) in [6, 6.07) is 0. The van der Waals surface area contributed by atoms with Gasteiger partial charge >= 0.3 is 0 Å². The van der Waals surface area contributed by atoms with E-state index < -0.39 is 0 Å². The molecule has 0 unspecified atom stereocenters. The van der Waals surface area contributed by atoms with Gasteiger partial charge in [-0.25, -0.2) is 0 Å². The Morgan fingerprint density at radius 1 is 1.36 bits per heavy atom. The van der Waals surface area contributed by atoms with E-state index in [1.54, 1.807) is 7.11 Å². The molecular formula is C9H21NO. The molecule has 0 aliphatic carbocycles. The van der Waals surface area contributed by atoms with Crippen molar-refractivity contribution in [2.45, 2.75) is 39.2 Å². The Balaban J connectivity index is 2.89. The zero-order valence-electron chi connectivity index (χ0n) is 8.02. The summed E-state index contributed by atoms with van der Waals surface area (Å²) >= 11 is 0. The van der Waals surface area contributed by atoms with Gasteiger partial charge in [0.2, 0.25) is 0 Å². The van der Waals surface area contributed by atoms with E-state index in [1.165, 1.54) is 19.3 Å². The van der Waals surface area contributed by atoms with Crippen LogP contribution in [0.1, 0.15) is 33.1 Å². The zero-order chi connectivity index (χ0) is 8.53. The van der Waals surface area contributed by atoms with Crippen molar-refractivity contribution in [1.29, 1.82) is 0 Å². The van der Waals surface area contributed by atoms with E-state index in [1.807, 2.05) is 0 Å². The Bertz CT molecular complexity index is 76.0. The predicted octanol–water partition coefficient (Wildman–Crippen LogP) is 1.80. The van der Waals surface area contributed by atoms with E-state index in [4.69, 9.17) is 4.74 Å². The van der Waals surface area contributed by atoms with Gasteiger partial charge in [-0.1, -0.05) is 19.8 Å². The van der Waals surface area contributed by atoms with Crippen LogP contribution in [0.15, 0.2) is 0 Å². The second-order valence-electron chi connectivity index (χ2n) is 2.96. The summed E-state index contributed by atoms with van der Waals surface area (Å²) in [6.07, 6.45) is 4.25. The van der Waals surface area contributed by atoms with Gasteiger partial charge in [-0.05, 0) is 19.9 Å². The van der Waals surface area contributed by atoms with Gasteiger partial charge in [0.25, 0.3) is 0 Å². The average molecular weight is 159 g/mol. The van der Waals surface area contributed by atoms with E-state index in [-0.39, 0.29) is 0 Å². The van der Waals surface area contributed by atoms with Crippen LogP contribution in [0.3, 0.4) is 0 Å². The molecule has 68 valence electrons. The molecule has 2 nitrogen and oxygen atoms in total. The third-order valence-corrected chi connectivity index (χ3v) is 1.79. The Kier molecular flexibility index (Phi) is 7.96. The van der Waals surface area contributed by atoms with Crippen molar-refractivity contribution in [1.82, 2.24) is 5.32 Å². The summed E-state index contributed by atoms with van der Waals surface area (Å²) in [7, 11) is 1.75. The van der Waals surface area contributed by atoms with E-state index in [2.05, 4.69) is 19.2 Å². The van der Waals surface area contributed by atoms with Crippen LogP contribution in [-0.2, 0) is 4.74 Å². The molecule has 0 aromatic heterocycles. The summed E-state index contributed by atoms with van der Waals surface area (Å²) < 4.78 is 5.09. The molecular weight excluding hydrogens is 138 g/mol. The van der Waals surface area contributed by atoms with Gasteiger partial charge in [0.05, 0.1) is 6.10 Å². The molecule has 0 saturated carbocycles. The molecule has 0 bridgehead atoms. The maximum absolute atomic E-state index is 5.09. The van der Waals surface area contributed by atoms with Crippen molar-refractivity contribution in [2.75, 3.05) is 20.2 Å². The van der Waals surface area contributed by atoms with Gasteiger partial charge in [-0.15, -0.1) is 0 Å². The molecule has 0 fully saturated rings. The first-order chi connectivity index (χ1) is 5.31. The molecule has 1 atom stereocenters. The van der Waals surface area contributed by atoms with Crippen LogP contribution in [0.5, 0.6) is 0 Å². The van der Waals surface area contributed by atoms with Crippen molar-refractivity contribution in [3.63, 3.8) is 0 Å². The summed E-state index contributed by atoms with van der Waals surface area (Å²) in [5, 5.41) is 3.35. The van der Waals surface area contributed by atoms with Crippen LogP contribution in [0, 0.1) is 0 Å². The van der Waals surface area contributed by atoms with Gasteiger partial charge in [-0.2, -0.15) is 0 Å². The summed E-state index contributed by atoms with van der Waals surface area (Å²) in [4.78, 5) is 0. The fourth-order valence-corrected chi connectivity index (χ4v) is 0.889. The first-order valence-corrected chi connectivity index (χ1v) is 4.54. The van der Waals surface area contributed by atoms with Gasteiger partial charge in [0.1, 0.15) is 0 Å². The van der Waals surface area contributed by atoms with Gasteiger partial charge in [0.15, 0.2) is 0 Å². The molecule has 2 heteroatoms.